The summed E-state index contributed by atoms with van der Waals surface area (Å²) in [7, 11) is 0. The van der Waals surface area contributed by atoms with Crippen LogP contribution in [-0.4, -0.2) is 140 Å². The fourth-order valence-electron chi connectivity index (χ4n) is 8.55. The topological polar surface area (TPSA) is 228 Å². The van der Waals surface area contributed by atoms with Crippen LogP contribution in [0.1, 0.15) is 194 Å². The first-order valence-electron chi connectivity index (χ1n) is 26.9. The largest absolute Gasteiger partial charge is 0.394 e. The zero-order valence-corrected chi connectivity index (χ0v) is 42.1. The number of rotatable bonds is 41. The molecule has 2 heterocycles. The number of carbonyl (C=O) groups is 1. The van der Waals surface area contributed by atoms with Gasteiger partial charge in [0.05, 0.1) is 32.0 Å². The molecule has 14 nitrogen and oxygen atoms in total. The van der Waals surface area contributed by atoms with Gasteiger partial charge in [-0.15, -0.1) is 0 Å². The van der Waals surface area contributed by atoms with E-state index in [1.807, 2.05) is 6.08 Å². The third-order valence-corrected chi connectivity index (χ3v) is 13.0. The molecule has 1 amide bonds. The van der Waals surface area contributed by atoms with E-state index in [1.54, 1.807) is 6.08 Å². The van der Waals surface area contributed by atoms with Gasteiger partial charge in [-0.2, -0.15) is 0 Å². The number of amides is 1. The molecular formula is C54H97NO13. The minimum Gasteiger partial charge on any atom is -0.394 e. The highest BCUT2D eigenvalue weighted by Crippen LogP contribution is 2.30. The second-order valence-corrected chi connectivity index (χ2v) is 19.0. The van der Waals surface area contributed by atoms with Crippen LogP contribution in [0.15, 0.2) is 48.6 Å². The Balaban J connectivity index is 1.86. The monoisotopic (exact) mass is 968 g/mol. The van der Waals surface area contributed by atoms with E-state index in [0.717, 1.165) is 64.2 Å². The molecule has 2 rings (SSSR count). The summed E-state index contributed by atoms with van der Waals surface area (Å²) in [6.45, 7) is 2.74. The summed E-state index contributed by atoms with van der Waals surface area (Å²) in [4.78, 5) is 13.2. The van der Waals surface area contributed by atoms with Crippen molar-refractivity contribution in [3.63, 3.8) is 0 Å². The Morgan fingerprint density at radius 2 is 0.941 bits per heavy atom. The Morgan fingerprint density at radius 3 is 1.44 bits per heavy atom. The number of ether oxygens (including phenoxy) is 4. The molecule has 0 aromatic carbocycles. The summed E-state index contributed by atoms with van der Waals surface area (Å²) in [5.41, 5.74) is 0. The Labute approximate surface area is 410 Å². The summed E-state index contributed by atoms with van der Waals surface area (Å²) in [6.07, 6.45) is 31.5. The Kier molecular flexibility index (Phi) is 37.0. The molecule has 0 radical (unpaired) electrons. The first-order chi connectivity index (χ1) is 33.1. The third-order valence-electron chi connectivity index (χ3n) is 13.0. The average molecular weight is 968 g/mol. The number of aliphatic hydroxyl groups excluding tert-OH is 8. The first kappa shape index (κ1) is 62.1. The standard InChI is InChI=1S/C54H97NO13/c1-3-5-7-9-11-13-15-17-19-20-21-22-23-24-25-27-29-31-33-35-37-43(58)42(55-46(59)38-36-34-32-30-28-26-18-16-14-12-10-8-6-4-2)41-65-53-51(64)49(62)52(45(40-57)67-53)68-54-50(63)48(61)47(60)44(39-56)66-54/h16,18,22-23,27,29,35,37,42-45,47-54,56-58,60-64H,3-15,17,19-21,24-26,28,30-34,36,38-41H2,1-2H3,(H,55,59)/b18-16-,23-22+,29-27+,37-35+. The van der Waals surface area contributed by atoms with E-state index in [2.05, 4.69) is 55.6 Å². The quantitative estimate of drug-likeness (QED) is 0.0212. The summed E-state index contributed by atoms with van der Waals surface area (Å²) in [5.74, 6) is -0.264. The lowest BCUT2D eigenvalue weighted by Crippen LogP contribution is -2.65. The molecule has 2 saturated heterocycles. The second kappa shape index (κ2) is 40.5. The molecule has 2 aliphatic rings. The van der Waals surface area contributed by atoms with Crippen LogP contribution in [0, 0.1) is 0 Å². The van der Waals surface area contributed by atoms with Gasteiger partial charge in [-0.05, 0) is 70.6 Å². The van der Waals surface area contributed by atoms with E-state index in [4.69, 9.17) is 18.9 Å². The van der Waals surface area contributed by atoms with E-state index in [-0.39, 0.29) is 18.9 Å². The lowest BCUT2D eigenvalue weighted by Gasteiger charge is -2.46. The van der Waals surface area contributed by atoms with Crippen LogP contribution in [-0.2, 0) is 23.7 Å². The van der Waals surface area contributed by atoms with Gasteiger partial charge in [0.25, 0.3) is 0 Å². The minimum atomic E-state index is -1.79. The van der Waals surface area contributed by atoms with Gasteiger partial charge in [0.1, 0.15) is 48.8 Å². The summed E-state index contributed by atoms with van der Waals surface area (Å²) < 4.78 is 22.7. The van der Waals surface area contributed by atoms with Crippen molar-refractivity contribution in [2.24, 2.45) is 0 Å². The molecule has 396 valence electrons. The van der Waals surface area contributed by atoms with Crippen LogP contribution in [0.5, 0.6) is 0 Å². The van der Waals surface area contributed by atoms with Crippen molar-refractivity contribution in [2.45, 2.75) is 267 Å². The zero-order chi connectivity index (χ0) is 49.6. The predicted molar refractivity (Wildman–Crippen MR) is 267 cm³/mol. The van der Waals surface area contributed by atoms with E-state index < -0.39 is 86.8 Å². The van der Waals surface area contributed by atoms with Crippen molar-refractivity contribution in [3.8, 4) is 0 Å². The fraction of sp³-hybridized carbons (Fsp3) is 0.833. The van der Waals surface area contributed by atoms with Gasteiger partial charge in [-0.3, -0.25) is 4.79 Å². The Hall–Kier alpha value is -2.05. The predicted octanol–water partition coefficient (Wildman–Crippen LogP) is 7.66. The van der Waals surface area contributed by atoms with Gasteiger partial charge in [-0.25, -0.2) is 0 Å². The van der Waals surface area contributed by atoms with E-state index in [0.29, 0.717) is 12.8 Å². The maximum Gasteiger partial charge on any atom is 0.220 e. The normalized spacial score (nSPS) is 26.7. The minimum absolute atomic E-state index is 0.259. The van der Waals surface area contributed by atoms with Gasteiger partial charge in [-0.1, -0.05) is 165 Å². The summed E-state index contributed by atoms with van der Waals surface area (Å²) >= 11 is 0. The highest BCUT2D eigenvalue weighted by atomic mass is 16.7. The molecule has 2 aliphatic heterocycles. The number of hydrogen-bond acceptors (Lipinski definition) is 13. The molecule has 0 spiro atoms. The van der Waals surface area contributed by atoms with Gasteiger partial charge >= 0.3 is 0 Å². The van der Waals surface area contributed by atoms with Gasteiger partial charge in [0.15, 0.2) is 12.6 Å². The lowest BCUT2D eigenvalue weighted by molar-refractivity contribution is -0.359. The number of aliphatic hydroxyl groups is 8. The summed E-state index contributed by atoms with van der Waals surface area (Å²) in [6, 6.07) is -0.941. The van der Waals surface area contributed by atoms with Crippen LogP contribution >= 0.6 is 0 Å². The maximum absolute atomic E-state index is 13.2. The number of nitrogens with one attached hydrogen (secondary N) is 1. The van der Waals surface area contributed by atoms with Gasteiger partial charge < -0.3 is 65.1 Å². The molecule has 68 heavy (non-hydrogen) atoms. The SMILES string of the molecule is CCCCCCC/C=C\CCCCCCCC(=O)NC(COC1OC(CO)C(OC2OC(CO)C(O)C(O)C2O)C(O)C1O)C(O)/C=C/CC/C=C/CC/C=C/CCCCCCCCCCCC. The van der Waals surface area contributed by atoms with Crippen molar-refractivity contribution < 1.29 is 64.6 Å². The smallest absolute Gasteiger partial charge is 0.220 e. The molecule has 2 fully saturated rings. The fourth-order valence-corrected chi connectivity index (χ4v) is 8.55. The Bertz CT molecular complexity index is 1330. The van der Waals surface area contributed by atoms with E-state index >= 15 is 0 Å². The van der Waals surface area contributed by atoms with E-state index in [1.165, 1.54) is 96.3 Å². The molecule has 0 aromatic rings. The molecule has 0 saturated carbocycles. The summed E-state index contributed by atoms with van der Waals surface area (Å²) in [5, 5.41) is 86.8. The number of hydrogen-bond donors (Lipinski definition) is 9. The molecule has 12 atom stereocenters. The molecule has 0 aliphatic carbocycles. The van der Waals surface area contributed by atoms with Crippen molar-refractivity contribution in [3.05, 3.63) is 48.6 Å². The van der Waals surface area contributed by atoms with Crippen LogP contribution < -0.4 is 5.32 Å². The van der Waals surface area contributed by atoms with Crippen LogP contribution in [0.2, 0.25) is 0 Å². The highest BCUT2D eigenvalue weighted by molar-refractivity contribution is 5.76. The number of allylic oxidation sites excluding steroid dienone is 7. The molecule has 14 heteroatoms. The molecule has 0 aromatic heterocycles. The molecular weight excluding hydrogens is 871 g/mol. The maximum atomic E-state index is 13.2. The van der Waals surface area contributed by atoms with E-state index in [9.17, 15) is 45.6 Å². The zero-order valence-electron chi connectivity index (χ0n) is 42.1. The average Bonchev–Trinajstić information content (AvgIpc) is 3.34. The van der Waals surface area contributed by atoms with Crippen LogP contribution in [0.25, 0.3) is 0 Å². The van der Waals surface area contributed by atoms with Crippen LogP contribution in [0.4, 0.5) is 0 Å². The van der Waals surface area contributed by atoms with Crippen molar-refractivity contribution >= 4 is 5.91 Å². The van der Waals surface area contributed by atoms with Gasteiger partial charge in [0, 0.05) is 6.42 Å². The third kappa shape index (κ3) is 27.0. The highest BCUT2D eigenvalue weighted by Gasteiger charge is 2.51. The molecule has 0 bridgehead atoms. The van der Waals surface area contributed by atoms with Crippen molar-refractivity contribution in [1.29, 1.82) is 0 Å². The number of carbonyl (C=O) groups excluding carboxylic acids is 1. The number of unbranched alkanes of at least 4 members (excludes halogenated alkanes) is 22. The van der Waals surface area contributed by atoms with Gasteiger partial charge in [0.2, 0.25) is 5.91 Å². The molecule has 9 N–H and O–H groups in total. The second-order valence-electron chi connectivity index (χ2n) is 19.0. The lowest BCUT2D eigenvalue weighted by atomic mass is 9.97. The van der Waals surface area contributed by atoms with Crippen molar-refractivity contribution in [1.82, 2.24) is 5.32 Å². The van der Waals surface area contributed by atoms with Crippen molar-refractivity contribution in [2.75, 3.05) is 19.8 Å². The molecule has 12 unspecified atom stereocenters. The van der Waals surface area contributed by atoms with Crippen LogP contribution in [0.3, 0.4) is 0 Å². The first-order valence-corrected chi connectivity index (χ1v) is 26.9. The Morgan fingerprint density at radius 1 is 0.515 bits per heavy atom.